The first kappa shape index (κ1) is 24.4. The molecule has 0 saturated carbocycles. The van der Waals surface area contributed by atoms with Gasteiger partial charge < -0.3 is 15.0 Å². The first-order chi connectivity index (χ1) is 16.4. The molecular weight excluding hydrogens is 454 g/mol. The third kappa shape index (κ3) is 5.48. The number of nitrogens with zero attached hydrogens (tertiary/aromatic N) is 2. The summed E-state index contributed by atoms with van der Waals surface area (Å²) in [4.78, 5) is 27.6. The molecule has 2 aromatic rings. The zero-order valence-corrected chi connectivity index (χ0v) is 20.3. The molecule has 182 valence electrons. The highest BCUT2D eigenvalue weighted by Crippen LogP contribution is 2.23. The summed E-state index contributed by atoms with van der Waals surface area (Å²) in [7, 11) is -3.49. The quantitative estimate of drug-likeness (QED) is 0.679. The monoisotopic (exact) mass is 485 g/mol. The molecule has 2 saturated heterocycles. The Labute approximate surface area is 200 Å². The van der Waals surface area contributed by atoms with Gasteiger partial charge in [0.25, 0.3) is 5.91 Å². The minimum absolute atomic E-state index is 0.0672. The van der Waals surface area contributed by atoms with Gasteiger partial charge in [-0.1, -0.05) is 24.6 Å². The van der Waals surface area contributed by atoms with Gasteiger partial charge in [0.05, 0.1) is 24.5 Å². The molecule has 0 aliphatic carbocycles. The number of sulfonamides is 1. The predicted molar refractivity (Wildman–Crippen MR) is 129 cm³/mol. The Kier molecular flexibility index (Phi) is 7.65. The Hall–Kier alpha value is -2.75. The van der Waals surface area contributed by atoms with Crippen LogP contribution in [-0.4, -0.2) is 68.8 Å². The highest BCUT2D eigenvalue weighted by atomic mass is 32.2. The summed E-state index contributed by atoms with van der Waals surface area (Å²) in [5, 5.41) is 2.89. The van der Waals surface area contributed by atoms with Crippen molar-refractivity contribution in [1.29, 1.82) is 0 Å². The lowest BCUT2D eigenvalue weighted by atomic mass is 10.0. The number of ether oxygens (including phenoxy) is 1. The maximum atomic E-state index is 12.9. The van der Waals surface area contributed by atoms with Crippen LogP contribution in [0.1, 0.15) is 40.7 Å². The van der Waals surface area contributed by atoms with Gasteiger partial charge in [-0.2, -0.15) is 4.31 Å². The molecule has 2 aliphatic rings. The van der Waals surface area contributed by atoms with Gasteiger partial charge in [-0.05, 0) is 55.2 Å². The van der Waals surface area contributed by atoms with Crippen molar-refractivity contribution < 1.29 is 22.7 Å². The van der Waals surface area contributed by atoms with Crippen LogP contribution in [0.4, 0.5) is 5.69 Å². The van der Waals surface area contributed by atoms with E-state index in [0.717, 1.165) is 24.8 Å². The van der Waals surface area contributed by atoms with Crippen molar-refractivity contribution in [2.75, 3.05) is 44.7 Å². The van der Waals surface area contributed by atoms with Gasteiger partial charge in [0.1, 0.15) is 0 Å². The van der Waals surface area contributed by atoms with Gasteiger partial charge in [-0.15, -0.1) is 0 Å². The molecule has 0 aromatic heterocycles. The van der Waals surface area contributed by atoms with Gasteiger partial charge in [-0.25, -0.2) is 8.42 Å². The Bertz CT molecular complexity index is 1140. The Morgan fingerprint density at radius 3 is 2.29 bits per heavy atom. The van der Waals surface area contributed by atoms with E-state index in [2.05, 4.69) is 5.32 Å². The van der Waals surface area contributed by atoms with Crippen LogP contribution in [0.2, 0.25) is 0 Å². The molecule has 0 unspecified atom stereocenters. The van der Waals surface area contributed by atoms with E-state index in [1.807, 2.05) is 6.92 Å². The number of hydrogen-bond donors (Lipinski definition) is 1. The van der Waals surface area contributed by atoms with E-state index in [9.17, 15) is 18.0 Å². The lowest BCUT2D eigenvalue weighted by molar-refractivity contribution is -0.115. The molecule has 1 N–H and O–H groups in total. The first-order valence-electron chi connectivity index (χ1n) is 11.7. The second-order valence-electron chi connectivity index (χ2n) is 8.72. The molecule has 9 heteroatoms. The van der Waals surface area contributed by atoms with Crippen molar-refractivity contribution in [2.24, 2.45) is 0 Å². The van der Waals surface area contributed by atoms with Crippen LogP contribution in [0.5, 0.6) is 0 Å². The average molecular weight is 486 g/mol. The van der Waals surface area contributed by atoms with Gasteiger partial charge in [0.15, 0.2) is 0 Å². The van der Waals surface area contributed by atoms with E-state index < -0.39 is 10.0 Å². The maximum absolute atomic E-state index is 12.9. The number of benzene rings is 2. The van der Waals surface area contributed by atoms with E-state index in [1.54, 1.807) is 47.4 Å². The average Bonchev–Trinajstić information content (AvgIpc) is 2.86. The topological polar surface area (TPSA) is 96.0 Å². The largest absolute Gasteiger partial charge is 0.378 e. The van der Waals surface area contributed by atoms with Crippen molar-refractivity contribution in [3.8, 4) is 0 Å². The number of piperidine rings is 1. The van der Waals surface area contributed by atoms with Gasteiger partial charge in [-0.3, -0.25) is 9.59 Å². The fraction of sp³-hybridized carbons (Fsp3) is 0.440. The summed E-state index contributed by atoms with van der Waals surface area (Å²) in [6.07, 6.45) is 2.93. The van der Waals surface area contributed by atoms with E-state index in [0.29, 0.717) is 56.2 Å². The molecule has 8 nitrogen and oxygen atoms in total. The molecule has 0 radical (unpaired) electrons. The number of nitrogens with one attached hydrogen (secondary N) is 1. The van der Waals surface area contributed by atoms with Crippen LogP contribution in [0.15, 0.2) is 47.4 Å². The molecule has 0 bridgehead atoms. The Morgan fingerprint density at radius 1 is 0.941 bits per heavy atom. The smallest absolute Gasteiger partial charge is 0.254 e. The fourth-order valence-corrected chi connectivity index (χ4v) is 5.87. The molecule has 2 amide bonds. The van der Waals surface area contributed by atoms with Crippen LogP contribution in [0.3, 0.4) is 0 Å². The van der Waals surface area contributed by atoms with E-state index in [4.69, 9.17) is 4.74 Å². The second-order valence-corrected chi connectivity index (χ2v) is 10.7. The lowest BCUT2D eigenvalue weighted by Crippen LogP contribution is -2.41. The van der Waals surface area contributed by atoms with Crippen molar-refractivity contribution in [2.45, 2.75) is 37.5 Å². The molecule has 4 rings (SSSR count). The van der Waals surface area contributed by atoms with E-state index >= 15 is 0 Å². The summed E-state index contributed by atoms with van der Waals surface area (Å²) in [5.74, 6) is -0.298. The minimum Gasteiger partial charge on any atom is -0.378 e. The van der Waals surface area contributed by atoms with Crippen LogP contribution >= 0.6 is 0 Å². The number of morpholine rings is 1. The lowest BCUT2D eigenvalue weighted by Gasteiger charge is -2.27. The van der Waals surface area contributed by atoms with Crippen LogP contribution in [0, 0.1) is 6.92 Å². The molecule has 2 aromatic carbocycles. The van der Waals surface area contributed by atoms with Crippen molar-refractivity contribution in [1.82, 2.24) is 9.21 Å². The number of rotatable bonds is 6. The highest BCUT2D eigenvalue weighted by molar-refractivity contribution is 7.89. The molecule has 2 heterocycles. The molecule has 0 spiro atoms. The zero-order valence-electron chi connectivity index (χ0n) is 19.5. The second kappa shape index (κ2) is 10.7. The molecule has 0 atom stereocenters. The summed E-state index contributed by atoms with van der Waals surface area (Å²) in [6, 6.07) is 11.8. The van der Waals surface area contributed by atoms with Gasteiger partial charge in [0.2, 0.25) is 15.9 Å². The van der Waals surface area contributed by atoms with Crippen molar-refractivity contribution >= 4 is 27.5 Å². The van der Waals surface area contributed by atoms with Crippen LogP contribution in [0.25, 0.3) is 0 Å². The first-order valence-corrected chi connectivity index (χ1v) is 13.2. The summed E-state index contributed by atoms with van der Waals surface area (Å²) < 4.78 is 32.5. The third-order valence-corrected chi connectivity index (χ3v) is 8.29. The number of anilines is 1. The minimum atomic E-state index is -3.49. The standard InChI is InChI=1S/C25H31N3O5S/c1-19-22(25(30)27-14-16-33-17-15-27)6-5-7-23(19)26-24(29)18-20-8-10-21(11-9-20)34(31,32)28-12-3-2-4-13-28/h5-11H,2-4,12-18H2,1H3,(H,26,29). The van der Waals surface area contributed by atoms with Crippen molar-refractivity contribution in [3.05, 3.63) is 59.2 Å². The normalized spacial score (nSPS) is 17.4. The highest BCUT2D eigenvalue weighted by Gasteiger charge is 2.26. The van der Waals surface area contributed by atoms with Gasteiger partial charge >= 0.3 is 0 Å². The van der Waals surface area contributed by atoms with E-state index in [1.165, 1.54) is 4.31 Å². The van der Waals surface area contributed by atoms with Crippen LogP contribution in [-0.2, 0) is 26.0 Å². The number of carbonyl (C=O) groups is 2. The van der Waals surface area contributed by atoms with Crippen molar-refractivity contribution in [3.63, 3.8) is 0 Å². The maximum Gasteiger partial charge on any atom is 0.254 e. The summed E-state index contributed by atoms with van der Waals surface area (Å²) >= 11 is 0. The zero-order chi connectivity index (χ0) is 24.1. The van der Waals surface area contributed by atoms with Gasteiger partial charge in [0, 0.05) is 37.4 Å². The number of carbonyl (C=O) groups excluding carboxylic acids is 2. The third-order valence-electron chi connectivity index (χ3n) is 6.38. The Morgan fingerprint density at radius 2 is 1.62 bits per heavy atom. The molecule has 34 heavy (non-hydrogen) atoms. The SMILES string of the molecule is Cc1c(NC(=O)Cc2ccc(S(=O)(=O)N3CCCCC3)cc2)cccc1C(=O)N1CCOCC1. The molecule has 2 aliphatic heterocycles. The molecular formula is C25H31N3O5S. The summed E-state index contributed by atoms with van der Waals surface area (Å²) in [6.45, 7) is 5.09. The predicted octanol–water partition coefficient (Wildman–Crippen LogP) is 2.82. The molecule has 2 fully saturated rings. The summed E-state index contributed by atoms with van der Waals surface area (Å²) in [5.41, 5.74) is 2.59. The van der Waals surface area contributed by atoms with E-state index in [-0.39, 0.29) is 23.1 Å². The van der Waals surface area contributed by atoms with Crippen LogP contribution < -0.4 is 5.32 Å². The number of amides is 2. The fourth-order valence-electron chi connectivity index (χ4n) is 4.35. The number of hydrogen-bond acceptors (Lipinski definition) is 5. The Balaban J connectivity index is 1.40.